The molecule has 0 saturated carbocycles. The van der Waals surface area contributed by atoms with Crippen molar-refractivity contribution in [2.45, 2.75) is 6.42 Å². The van der Waals surface area contributed by atoms with E-state index < -0.39 is 0 Å². The molecule has 0 fully saturated rings. The SMILES string of the molecule is N#Cc1cccc(C(=O)NCCc2ncn[nH]2)c1. The van der Waals surface area contributed by atoms with Crippen molar-refractivity contribution in [3.05, 3.63) is 47.5 Å². The number of amides is 1. The molecule has 0 aliphatic heterocycles. The van der Waals surface area contributed by atoms with Gasteiger partial charge in [-0.1, -0.05) is 6.07 Å². The summed E-state index contributed by atoms with van der Waals surface area (Å²) < 4.78 is 0. The first-order valence-corrected chi connectivity index (χ1v) is 5.42. The van der Waals surface area contributed by atoms with Gasteiger partial charge in [-0.2, -0.15) is 10.4 Å². The third-order valence-electron chi connectivity index (χ3n) is 2.37. The minimum Gasteiger partial charge on any atom is -0.352 e. The van der Waals surface area contributed by atoms with Crippen LogP contribution < -0.4 is 5.32 Å². The summed E-state index contributed by atoms with van der Waals surface area (Å²) in [6.07, 6.45) is 2.01. The Morgan fingerprint density at radius 3 is 3.11 bits per heavy atom. The second-order valence-corrected chi connectivity index (χ2v) is 3.63. The lowest BCUT2D eigenvalue weighted by Gasteiger charge is -2.03. The van der Waals surface area contributed by atoms with E-state index in [4.69, 9.17) is 5.26 Å². The van der Waals surface area contributed by atoms with E-state index in [1.165, 1.54) is 6.33 Å². The van der Waals surface area contributed by atoms with Gasteiger partial charge in [0.1, 0.15) is 12.2 Å². The van der Waals surface area contributed by atoms with E-state index in [0.29, 0.717) is 24.1 Å². The molecule has 0 radical (unpaired) electrons. The summed E-state index contributed by atoms with van der Waals surface area (Å²) in [6.45, 7) is 0.463. The first-order chi connectivity index (χ1) is 8.79. The average molecular weight is 241 g/mol. The monoisotopic (exact) mass is 241 g/mol. The molecular weight excluding hydrogens is 230 g/mol. The van der Waals surface area contributed by atoms with Crippen molar-refractivity contribution < 1.29 is 4.79 Å². The van der Waals surface area contributed by atoms with Gasteiger partial charge in [0.25, 0.3) is 5.91 Å². The van der Waals surface area contributed by atoms with Gasteiger partial charge in [0, 0.05) is 18.5 Å². The smallest absolute Gasteiger partial charge is 0.251 e. The van der Waals surface area contributed by atoms with Crippen LogP contribution in [-0.4, -0.2) is 27.6 Å². The summed E-state index contributed by atoms with van der Waals surface area (Å²) >= 11 is 0. The van der Waals surface area contributed by atoms with Crippen molar-refractivity contribution in [1.29, 1.82) is 5.26 Å². The van der Waals surface area contributed by atoms with Gasteiger partial charge in [-0.05, 0) is 18.2 Å². The van der Waals surface area contributed by atoms with Crippen LogP contribution in [0.4, 0.5) is 0 Å². The lowest BCUT2D eigenvalue weighted by atomic mass is 10.1. The molecule has 1 heterocycles. The maximum atomic E-state index is 11.8. The summed E-state index contributed by atoms with van der Waals surface area (Å²) in [5.74, 6) is 0.521. The molecule has 0 atom stereocenters. The van der Waals surface area contributed by atoms with Crippen molar-refractivity contribution in [3.8, 4) is 6.07 Å². The summed E-state index contributed by atoms with van der Waals surface area (Å²) in [6, 6.07) is 8.57. The van der Waals surface area contributed by atoms with Gasteiger partial charge in [-0.25, -0.2) is 4.98 Å². The molecule has 0 bridgehead atoms. The second kappa shape index (κ2) is 5.59. The molecule has 6 heteroatoms. The van der Waals surface area contributed by atoms with E-state index in [9.17, 15) is 4.79 Å². The summed E-state index contributed by atoms with van der Waals surface area (Å²) in [5.41, 5.74) is 0.949. The quantitative estimate of drug-likeness (QED) is 0.821. The van der Waals surface area contributed by atoms with Crippen LogP contribution in [-0.2, 0) is 6.42 Å². The number of benzene rings is 1. The molecule has 6 nitrogen and oxygen atoms in total. The first kappa shape index (κ1) is 11.8. The molecule has 0 unspecified atom stereocenters. The number of carbonyl (C=O) groups is 1. The number of hydrogen-bond donors (Lipinski definition) is 2. The molecule has 2 rings (SSSR count). The summed E-state index contributed by atoms with van der Waals surface area (Å²) in [5, 5.41) is 17.9. The van der Waals surface area contributed by atoms with Crippen LogP contribution in [0.3, 0.4) is 0 Å². The van der Waals surface area contributed by atoms with Crippen LogP contribution in [0.15, 0.2) is 30.6 Å². The zero-order chi connectivity index (χ0) is 12.8. The molecule has 18 heavy (non-hydrogen) atoms. The Morgan fingerprint density at radius 2 is 2.39 bits per heavy atom. The lowest BCUT2D eigenvalue weighted by molar-refractivity contribution is 0.0954. The molecule has 1 amide bonds. The van der Waals surface area contributed by atoms with Crippen molar-refractivity contribution >= 4 is 5.91 Å². The molecule has 0 aliphatic carbocycles. The molecule has 2 aromatic rings. The molecule has 2 N–H and O–H groups in total. The highest BCUT2D eigenvalue weighted by molar-refractivity contribution is 5.94. The predicted molar refractivity (Wildman–Crippen MR) is 63.6 cm³/mol. The van der Waals surface area contributed by atoms with Gasteiger partial charge in [0.2, 0.25) is 0 Å². The lowest BCUT2D eigenvalue weighted by Crippen LogP contribution is -2.26. The second-order valence-electron chi connectivity index (χ2n) is 3.63. The largest absolute Gasteiger partial charge is 0.352 e. The standard InChI is InChI=1S/C12H11N5O/c13-7-9-2-1-3-10(6-9)12(18)14-5-4-11-15-8-16-17-11/h1-3,6,8H,4-5H2,(H,14,18)(H,15,16,17). The summed E-state index contributed by atoms with van der Waals surface area (Å²) in [4.78, 5) is 15.7. The Hall–Kier alpha value is -2.68. The van der Waals surface area contributed by atoms with Gasteiger partial charge in [0.15, 0.2) is 0 Å². The summed E-state index contributed by atoms with van der Waals surface area (Å²) in [7, 11) is 0. The molecule has 90 valence electrons. The highest BCUT2D eigenvalue weighted by Gasteiger charge is 2.05. The Morgan fingerprint density at radius 1 is 1.50 bits per heavy atom. The Balaban J connectivity index is 1.89. The third-order valence-corrected chi connectivity index (χ3v) is 2.37. The van der Waals surface area contributed by atoms with Crippen LogP contribution in [0, 0.1) is 11.3 Å². The number of rotatable bonds is 4. The molecular formula is C12H11N5O. The van der Waals surface area contributed by atoms with Gasteiger partial charge < -0.3 is 5.32 Å². The van der Waals surface area contributed by atoms with E-state index in [1.807, 2.05) is 6.07 Å². The van der Waals surface area contributed by atoms with Crippen LogP contribution in [0.25, 0.3) is 0 Å². The van der Waals surface area contributed by atoms with Crippen LogP contribution >= 0.6 is 0 Å². The number of hydrogen-bond acceptors (Lipinski definition) is 4. The zero-order valence-corrected chi connectivity index (χ0v) is 9.55. The third kappa shape index (κ3) is 2.92. The van der Waals surface area contributed by atoms with Gasteiger partial charge in [0.05, 0.1) is 11.6 Å². The van der Waals surface area contributed by atoms with Crippen LogP contribution in [0.5, 0.6) is 0 Å². The van der Waals surface area contributed by atoms with Crippen LogP contribution in [0.2, 0.25) is 0 Å². The maximum absolute atomic E-state index is 11.8. The van der Waals surface area contributed by atoms with E-state index in [1.54, 1.807) is 24.3 Å². The van der Waals surface area contributed by atoms with Crippen LogP contribution in [0.1, 0.15) is 21.7 Å². The van der Waals surface area contributed by atoms with Gasteiger partial charge >= 0.3 is 0 Å². The van der Waals surface area contributed by atoms with Crippen molar-refractivity contribution in [1.82, 2.24) is 20.5 Å². The molecule has 0 saturated heterocycles. The zero-order valence-electron chi connectivity index (χ0n) is 9.55. The topological polar surface area (TPSA) is 94.5 Å². The highest BCUT2D eigenvalue weighted by atomic mass is 16.1. The minimum atomic E-state index is -0.202. The van der Waals surface area contributed by atoms with E-state index in [0.717, 1.165) is 5.82 Å². The van der Waals surface area contributed by atoms with Gasteiger partial charge in [-0.15, -0.1) is 0 Å². The Labute approximate surface area is 104 Å². The maximum Gasteiger partial charge on any atom is 0.251 e. The average Bonchev–Trinajstić information content (AvgIpc) is 2.92. The Kier molecular flexibility index (Phi) is 3.66. The van der Waals surface area contributed by atoms with E-state index in [2.05, 4.69) is 20.5 Å². The van der Waals surface area contributed by atoms with Crippen molar-refractivity contribution in [3.63, 3.8) is 0 Å². The fraction of sp³-hybridized carbons (Fsp3) is 0.167. The molecule has 0 aliphatic rings. The molecule has 1 aromatic carbocycles. The number of nitriles is 1. The minimum absolute atomic E-state index is 0.202. The number of carbonyl (C=O) groups excluding carboxylic acids is 1. The van der Waals surface area contributed by atoms with Gasteiger partial charge in [-0.3, -0.25) is 9.89 Å². The number of nitrogens with zero attached hydrogens (tertiary/aromatic N) is 3. The van der Waals surface area contributed by atoms with Crippen molar-refractivity contribution in [2.24, 2.45) is 0 Å². The fourth-order valence-electron chi connectivity index (χ4n) is 1.48. The van der Waals surface area contributed by atoms with Crippen molar-refractivity contribution in [2.75, 3.05) is 6.54 Å². The highest BCUT2D eigenvalue weighted by Crippen LogP contribution is 2.03. The number of nitrogens with one attached hydrogen (secondary N) is 2. The number of aromatic amines is 1. The Bertz CT molecular complexity index is 570. The molecule has 0 spiro atoms. The van der Waals surface area contributed by atoms with E-state index >= 15 is 0 Å². The fourth-order valence-corrected chi connectivity index (χ4v) is 1.48. The van der Waals surface area contributed by atoms with E-state index in [-0.39, 0.29) is 5.91 Å². The number of H-pyrrole nitrogens is 1. The number of aromatic nitrogens is 3. The predicted octanol–water partition coefficient (Wildman–Crippen LogP) is 0.649. The normalized spacial score (nSPS) is 9.72. The first-order valence-electron chi connectivity index (χ1n) is 5.42. The molecule has 1 aromatic heterocycles.